The average molecular weight is 309 g/mol. The maximum atomic E-state index is 5.95. The Morgan fingerprint density at radius 2 is 2.10 bits per heavy atom. The molecule has 0 radical (unpaired) electrons. The van der Waals surface area contributed by atoms with Gasteiger partial charge in [-0.15, -0.1) is 0 Å². The second kappa shape index (κ2) is 6.72. The number of aromatic nitrogens is 2. The number of nitrogens with zero attached hydrogens (tertiary/aromatic N) is 2. The van der Waals surface area contributed by atoms with E-state index in [0.717, 1.165) is 17.9 Å². The quantitative estimate of drug-likeness (QED) is 0.852. The number of thiocarbonyl (C=S) groups is 1. The molecule has 1 heterocycles. The van der Waals surface area contributed by atoms with Gasteiger partial charge in [-0.25, -0.2) is 4.98 Å². The maximum Gasteiger partial charge on any atom is 0.167 e. The molecule has 2 N–H and O–H groups in total. The van der Waals surface area contributed by atoms with Gasteiger partial charge in [-0.1, -0.05) is 23.7 Å². The Hall–Kier alpha value is -1.59. The van der Waals surface area contributed by atoms with Crippen molar-refractivity contribution in [2.75, 3.05) is 6.54 Å². The third kappa shape index (κ3) is 3.49. The standard InChI is InChI=1S/C14H17ClN4S/c1-3-16-14(20)18-12(13-17-8-9-19(13)2)10-4-6-11(15)7-5-10/h4-9,12H,3H2,1-2H3,(H2,16,18,20)/t12-/m1/s1. The van der Waals surface area contributed by atoms with E-state index in [1.165, 1.54) is 0 Å². The van der Waals surface area contributed by atoms with Crippen molar-refractivity contribution in [2.45, 2.75) is 13.0 Å². The van der Waals surface area contributed by atoms with Gasteiger partial charge in [0.25, 0.3) is 0 Å². The third-order valence-electron chi connectivity index (χ3n) is 2.93. The van der Waals surface area contributed by atoms with Crippen LogP contribution in [0.4, 0.5) is 0 Å². The summed E-state index contributed by atoms with van der Waals surface area (Å²) in [6.45, 7) is 2.78. The molecule has 2 aromatic rings. The predicted molar refractivity (Wildman–Crippen MR) is 85.9 cm³/mol. The summed E-state index contributed by atoms with van der Waals surface area (Å²) >= 11 is 11.2. The summed E-state index contributed by atoms with van der Waals surface area (Å²) in [5.74, 6) is 0.896. The molecule has 1 aromatic heterocycles. The molecule has 20 heavy (non-hydrogen) atoms. The maximum absolute atomic E-state index is 5.95. The van der Waals surface area contributed by atoms with Gasteiger partial charge in [-0.2, -0.15) is 0 Å². The van der Waals surface area contributed by atoms with Crippen molar-refractivity contribution in [3.8, 4) is 0 Å². The molecule has 0 aliphatic carbocycles. The van der Waals surface area contributed by atoms with E-state index in [-0.39, 0.29) is 6.04 Å². The van der Waals surface area contributed by atoms with Gasteiger partial charge in [-0.05, 0) is 36.8 Å². The second-order valence-corrected chi connectivity index (χ2v) is 5.23. The minimum Gasteiger partial charge on any atom is -0.363 e. The highest BCUT2D eigenvalue weighted by molar-refractivity contribution is 7.80. The predicted octanol–water partition coefficient (Wildman–Crippen LogP) is 2.65. The Labute approximate surface area is 129 Å². The van der Waals surface area contributed by atoms with Crippen LogP contribution in [-0.2, 0) is 7.05 Å². The van der Waals surface area contributed by atoms with Gasteiger partial charge >= 0.3 is 0 Å². The van der Waals surface area contributed by atoms with Crippen molar-refractivity contribution in [1.82, 2.24) is 20.2 Å². The minimum absolute atomic E-state index is 0.112. The monoisotopic (exact) mass is 308 g/mol. The van der Waals surface area contributed by atoms with E-state index in [4.69, 9.17) is 23.8 Å². The van der Waals surface area contributed by atoms with Gasteiger partial charge in [-0.3, -0.25) is 0 Å². The molecule has 0 amide bonds. The number of nitrogens with one attached hydrogen (secondary N) is 2. The van der Waals surface area contributed by atoms with Crippen molar-refractivity contribution in [1.29, 1.82) is 0 Å². The van der Waals surface area contributed by atoms with Crippen LogP contribution in [0.5, 0.6) is 0 Å². The van der Waals surface area contributed by atoms with Crippen LogP contribution < -0.4 is 10.6 Å². The van der Waals surface area contributed by atoms with Gasteiger partial charge in [0.2, 0.25) is 0 Å². The second-order valence-electron chi connectivity index (χ2n) is 4.38. The van der Waals surface area contributed by atoms with E-state index in [9.17, 15) is 0 Å². The number of benzene rings is 1. The van der Waals surface area contributed by atoms with E-state index >= 15 is 0 Å². The molecule has 106 valence electrons. The zero-order valence-electron chi connectivity index (χ0n) is 11.4. The molecule has 2 rings (SSSR count). The molecule has 1 aromatic carbocycles. The van der Waals surface area contributed by atoms with Crippen molar-refractivity contribution in [2.24, 2.45) is 7.05 Å². The van der Waals surface area contributed by atoms with E-state index < -0.39 is 0 Å². The van der Waals surface area contributed by atoms with Gasteiger partial charge in [0.1, 0.15) is 11.9 Å². The van der Waals surface area contributed by atoms with Crippen LogP contribution in [0.3, 0.4) is 0 Å². The first-order chi connectivity index (χ1) is 9.61. The van der Waals surface area contributed by atoms with Crippen LogP contribution in [0.1, 0.15) is 24.4 Å². The Kier molecular flexibility index (Phi) is 4.98. The summed E-state index contributed by atoms with van der Waals surface area (Å²) in [5.41, 5.74) is 1.06. The zero-order chi connectivity index (χ0) is 14.5. The Balaban J connectivity index is 2.31. The van der Waals surface area contributed by atoms with Crippen LogP contribution in [0.2, 0.25) is 5.02 Å². The van der Waals surface area contributed by atoms with Gasteiger partial charge in [0, 0.05) is 31.0 Å². The third-order valence-corrected chi connectivity index (χ3v) is 3.45. The minimum atomic E-state index is -0.112. The zero-order valence-corrected chi connectivity index (χ0v) is 13.0. The van der Waals surface area contributed by atoms with Crippen LogP contribution in [0, 0.1) is 0 Å². The van der Waals surface area contributed by atoms with Crippen molar-refractivity contribution < 1.29 is 0 Å². The summed E-state index contributed by atoms with van der Waals surface area (Å²) in [7, 11) is 1.96. The van der Waals surface area contributed by atoms with Crippen LogP contribution in [-0.4, -0.2) is 21.2 Å². The number of rotatable bonds is 4. The molecule has 6 heteroatoms. The molecule has 0 aliphatic heterocycles. The molecule has 0 saturated heterocycles. The number of hydrogen-bond acceptors (Lipinski definition) is 2. The highest BCUT2D eigenvalue weighted by Gasteiger charge is 2.19. The molecule has 0 fully saturated rings. The fourth-order valence-electron chi connectivity index (χ4n) is 1.95. The lowest BCUT2D eigenvalue weighted by Gasteiger charge is -2.21. The lowest BCUT2D eigenvalue weighted by atomic mass is 10.1. The van der Waals surface area contributed by atoms with Crippen molar-refractivity contribution in [3.63, 3.8) is 0 Å². The van der Waals surface area contributed by atoms with Crippen LogP contribution >= 0.6 is 23.8 Å². The number of halogens is 1. The lowest BCUT2D eigenvalue weighted by molar-refractivity contribution is 0.653. The summed E-state index contributed by atoms with van der Waals surface area (Å²) in [6.07, 6.45) is 3.69. The fourth-order valence-corrected chi connectivity index (χ4v) is 2.34. The topological polar surface area (TPSA) is 41.9 Å². The SMILES string of the molecule is CCNC(=S)N[C@H](c1ccc(Cl)cc1)c1nccn1C. The summed E-state index contributed by atoms with van der Waals surface area (Å²) < 4.78 is 1.97. The summed E-state index contributed by atoms with van der Waals surface area (Å²) in [6, 6.07) is 7.57. The average Bonchev–Trinajstić information content (AvgIpc) is 2.84. The van der Waals surface area contributed by atoms with E-state index in [0.29, 0.717) is 10.1 Å². The van der Waals surface area contributed by atoms with Gasteiger partial charge < -0.3 is 15.2 Å². The number of aryl methyl sites for hydroxylation is 1. The van der Waals surface area contributed by atoms with E-state index in [1.807, 2.05) is 49.0 Å². The van der Waals surface area contributed by atoms with E-state index in [2.05, 4.69) is 15.6 Å². The summed E-state index contributed by atoms with van der Waals surface area (Å²) in [5, 5.41) is 7.70. The molecule has 4 nitrogen and oxygen atoms in total. The Morgan fingerprint density at radius 1 is 1.40 bits per heavy atom. The fraction of sp³-hybridized carbons (Fsp3) is 0.286. The van der Waals surface area contributed by atoms with Crippen molar-refractivity contribution >= 4 is 28.9 Å². The van der Waals surface area contributed by atoms with Crippen LogP contribution in [0.25, 0.3) is 0 Å². The van der Waals surface area contributed by atoms with E-state index in [1.54, 1.807) is 6.20 Å². The first kappa shape index (κ1) is 14.8. The molecular formula is C14H17ClN4S. The molecule has 0 unspecified atom stereocenters. The molecular weight excluding hydrogens is 292 g/mol. The molecule has 0 saturated carbocycles. The van der Waals surface area contributed by atoms with Crippen LogP contribution in [0.15, 0.2) is 36.7 Å². The van der Waals surface area contributed by atoms with Crippen molar-refractivity contribution in [3.05, 3.63) is 53.1 Å². The number of hydrogen-bond donors (Lipinski definition) is 2. The highest BCUT2D eigenvalue weighted by Crippen LogP contribution is 2.22. The first-order valence-corrected chi connectivity index (χ1v) is 7.17. The number of imidazole rings is 1. The Bertz CT molecular complexity index is 579. The van der Waals surface area contributed by atoms with Gasteiger partial charge in [0.05, 0.1) is 0 Å². The molecule has 1 atom stereocenters. The largest absolute Gasteiger partial charge is 0.363 e. The molecule has 0 spiro atoms. The molecule has 0 bridgehead atoms. The summed E-state index contributed by atoms with van der Waals surface area (Å²) in [4.78, 5) is 4.41. The van der Waals surface area contributed by atoms with Gasteiger partial charge in [0.15, 0.2) is 5.11 Å². The molecule has 0 aliphatic rings. The normalized spacial score (nSPS) is 11.9. The smallest absolute Gasteiger partial charge is 0.167 e. The lowest BCUT2D eigenvalue weighted by Crippen LogP contribution is -2.38. The first-order valence-electron chi connectivity index (χ1n) is 6.39. The highest BCUT2D eigenvalue weighted by atomic mass is 35.5. The Morgan fingerprint density at radius 3 is 2.65 bits per heavy atom.